The summed E-state index contributed by atoms with van der Waals surface area (Å²) in [4.78, 5) is 19.2. The quantitative estimate of drug-likeness (QED) is 0.201. The second kappa shape index (κ2) is 23.4. The van der Waals surface area contributed by atoms with E-state index in [2.05, 4.69) is 77.2 Å². The highest BCUT2D eigenvalue weighted by Crippen LogP contribution is 2.29. The van der Waals surface area contributed by atoms with Crippen LogP contribution in [0.3, 0.4) is 0 Å². The zero-order chi connectivity index (χ0) is 35.3. The Labute approximate surface area is 284 Å². The molecule has 0 bridgehead atoms. The number of ether oxygens (including phenoxy) is 1. The maximum Gasteiger partial charge on any atom is 0.194 e. The zero-order valence-corrected chi connectivity index (χ0v) is 31.3. The molecular weight excluding hydrogens is 591 g/mol. The van der Waals surface area contributed by atoms with Gasteiger partial charge in [-0.3, -0.25) is 4.79 Å². The first-order valence-electron chi connectivity index (χ1n) is 16.3. The largest absolute Gasteiger partial charge is 0.508 e. The standard InChI is InChI=1S/C23H32O.C8H11N.C8H16O2S.CH2O/c1-7-16(4)10-20-11-17(5)22(18(6)12-20)14-19-8-9-23(24)21(13-19)15(2)3;1-9-7-8-5-3-2-4-6-8;1-8(2,3)7(9)11-6-5-10-4;1-2/h8-9,11-13,15-16,24H,7,10,14H2,1-6H3;2-6,9H,7H2,1H3;5-6H2,1-4H3;1H2. The second-order valence-electron chi connectivity index (χ2n) is 13.0. The maximum atomic E-state index is 11.2. The fourth-order valence-corrected chi connectivity index (χ4v) is 5.51. The molecule has 0 aromatic heterocycles. The van der Waals surface area contributed by atoms with E-state index in [1.807, 2.05) is 64.9 Å². The Balaban J connectivity index is 0.000000760. The lowest BCUT2D eigenvalue weighted by Crippen LogP contribution is -2.17. The van der Waals surface area contributed by atoms with Crippen LogP contribution in [0.5, 0.6) is 5.75 Å². The first-order valence-corrected chi connectivity index (χ1v) is 17.3. The number of aromatic hydroxyl groups is 1. The Hall–Kier alpha value is -2.93. The minimum absolute atomic E-state index is 0.224. The summed E-state index contributed by atoms with van der Waals surface area (Å²) in [5.41, 5.74) is 9.06. The third-order valence-corrected chi connectivity index (χ3v) is 8.73. The smallest absolute Gasteiger partial charge is 0.194 e. The van der Waals surface area contributed by atoms with E-state index >= 15 is 0 Å². The number of phenols is 1. The van der Waals surface area contributed by atoms with E-state index in [1.165, 1.54) is 51.6 Å². The van der Waals surface area contributed by atoms with Crippen LogP contribution < -0.4 is 5.32 Å². The van der Waals surface area contributed by atoms with Crippen LogP contribution in [0.2, 0.25) is 0 Å². The molecule has 3 aromatic carbocycles. The van der Waals surface area contributed by atoms with E-state index in [4.69, 9.17) is 9.53 Å². The first kappa shape index (κ1) is 43.1. The van der Waals surface area contributed by atoms with Crippen molar-refractivity contribution in [2.75, 3.05) is 26.5 Å². The molecule has 0 aliphatic rings. The van der Waals surface area contributed by atoms with Crippen molar-refractivity contribution in [1.29, 1.82) is 0 Å². The number of methoxy groups -OCH3 is 1. The van der Waals surface area contributed by atoms with Crippen molar-refractivity contribution < 1.29 is 19.4 Å². The molecule has 256 valence electrons. The average molecular weight is 652 g/mol. The molecule has 0 spiro atoms. The molecule has 0 fully saturated rings. The van der Waals surface area contributed by atoms with Crippen LogP contribution in [-0.4, -0.2) is 43.5 Å². The summed E-state index contributed by atoms with van der Waals surface area (Å²) in [6.45, 7) is 22.7. The Kier molecular flexibility index (Phi) is 21.9. The molecule has 1 unspecified atom stereocenters. The van der Waals surface area contributed by atoms with Crippen LogP contribution in [0.15, 0.2) is 60.7 Å². The van der Waals surface area contributed by atoms with E-state index in [1.54, 1.807) is 7.11 Å². The van der Waals surface area contributed by atoms with E-state index in [0.717, 1.165) is 36.6 Å². The molecule has 5 nitrogen and oxygen atoms in total. The molecule has 0 saturated carbocycles. The predicted molar refractivity (Wildman–Crippen MR) is 199 cm³/mol. The van der Waals surface area contributed by atoms with Gasteiger partial charge in [-0.25, -0.2) is 0 Å². The monoisotopic (exact) mass is 651 g/mol. The van der Waals surface area contributed by atoms with Crippen LogP contribution in [0, 0.1) is 25.2 Å². The van der Waals surface area contributed by atoms with Crippen molar-refractivity contribution >= 4 is 23.7 Å². The van der Waals surface area contributed by atoms with E-state index in [0.29, 0.717) is 18.3 Å². The summed E-state index contributed by atoms with van der Waals surface area (Å²) in [6.07, 6.45) is 3.32. The molecule has 0 aliphatic carbocycles. The fourth-order valence-electron chi connectivity index (χ4n) is 4.64. The lowest BCUT2D eigenvalue weighted by Gasteiger charge is -2.16. The Morgan fingerprint density at radius 2 is 1.52 bits per heavy atom. The van der Waals surface area contributed by atoms with Gasteiger partial charge in [0.1, 0.15) is 12.5 Å². The van der Waals surface area contributed by atoms with Crippen LogP contribution in [0.1, 0.15) is 99.7 Å². The maximum absolute atomic E-state index is 11.2. The third-order valence-electron chi connectivity index (χ3n) is 7.49. The van der Waals surface area contributed by atoms with Gasteiger partial charge in [-0.05, 0) is 90.6 Å². The molecule has 0 radical (unpaired) electrons. The van der Waals surface area contributed by atoms with Crippen molar-refractivity contribution in [2.45, 2.75) is 94.0 Å². The molecule has 0 aliphatic heterocycles. The van der Waals surface area contributed by atoms with Crippen molar-refractivity contribution in [3.8, 4) is 5.75 Å². The van der Waals surface area contributed by atoms with Crippen molar-refractivity contribution in [2.24, 2.45) is 11.3 Å². The summed E-state index contributed by atoms with van der Waals surface area (Å²) < 4.78 is 4.83. The minimum Gasteiger partial charge on any atom is -0.508 e. The van der Waals surface area contributed by atoms with Crippen molar-refractivity contribution in [1.82, 2.24) is 5.32 Å². The number of hydrogen-bond donors (Lipinski definition) is 2. The van der Waals surface area contributed by atoms with Crippen LogP contribution in [-0.2, 0) is 33.7 Å². The summed E-state index contributed by atoms with van der Waals surface area (Å²) >= 11 is 1.34. The molecule has 46 heavy (non-hydrogen) atoms. The van der Waals surface area contributed by atoms with Gasteiger partial charge in [0.2, 0.25) is 0 Å². The van der Waals surface area contributed by atoms with Crippen molar-refractivity contribution in [3.05, 3.63) is 99.6 Å². The second-order valence-corrected chi connectivity index (χ2v) is 14.1. The summed E-state index contributed by atoms with van der Waals surface area (Å²) in [7, 11) is 3.59. The summed E-state index contributed by atoms with van der Waals surface area (Å²) in [5.74, 6) is 2.24. The molecule has 0 saturated heterocycles. The van der Waals surface area contributed by atoms with Gasteiger partial charge in [0.25, 0.3) is 0 Å². The summed E-state index contributed by atoms with van der Waals surface area (Å²) in [5, 5.41) is 13.3. The number of carbonyl (C=O) groups excluding carboxylic acids is 2. The van der Waals surface area contributed by atoms with E-state index in [9.17, 15) is 9.90 Å². The van der Waals surface area contributed by atoms with Gasteiger partial charge in [0.15, 0.2) is 5.12 Å². The first-order chi connectivity index (χ1) is 21.7. The number of aryl methyl sites for hydroxylation is 2. The number of thioether (sulfide) groups is 1. The van der Waals surface area contributed by atoms with Gasteiger partial charge in [0, 0.05) is 24.8 Å². The number of carbonyl (C=O) groups is 2. The number of benzene rings is 3. The highest BCUT2D eigenvalue weighted by atomic mass is 32.2. The molecule has 0 heterocycles. The number of rotatable bonds is 11. The zero-order valence-electron chi connectivity index (χ0n) is 30.5. The Morgan fingerprint density at radius 3 is 2.00 bits per heavy atom. The van der Waals surface area contributed by atoms with Gasteiger partial charge >= 0.3 is 0 Å². The molecule has 0 amide bonds. The van der Waals surface area contributed by atoms with Crippen LogP contribution >= 0.6 is 11.8 Å². The lowest BCUT2D eigenvalue weighted by atomic mass is 9.89. The van der Waals surface area contributed by atoms with Crippen LogP contribution in [0.25, 0.3) is 0 Å². The molecule has 6 heteroatoms. The topological polar surface area (TPSA) is 75.6 Å². The summed E-state index contributed by atoms with van der Waals surface area (Å²) in [6, 6.07) is 21.1. The molecule has 1 atom stereocenters. The minimum atomic E-state index is -0.224. The van der Waals surface area contributed by atoms with Gasteiger partial charge in [-0.1, -0.05) is 121 Å². The Morgan fingerprint density at radius 1 is 0.935 bits per heavy atom. The SMILES string of the molecule is C=O.CCC(C)Cc1cc(C)c(Cc2ccc(O)c(C(C)C)c2)c(C)c1.CNCc1ccccc1.COCCSC(=O)C(C)(C)C. The Bertz CT molecular complexity index is 1240. The number of nitrogens with one attached hydrogen (secondary N) is 1. The van der Waals surface area contributed by atoms with Gasteiger partial charge in [-0.2, -0.15) is 0 Å². The molecule has 3 rings (SSSR count). The number of phenolic OH excluding ortho intramolecular Hbond substituents is 1. The van der Waals surface area contributed by atoms with Crippen molar-refractivity contribution in [3.63, 3.8) is 0 Å². The highest BCUT2D eigenvalue weighted by molar-refractivity contribution is 8.13. The molecular formula is C40H61NO4S. The fraction of sp³-hybridized carbons (Fsp3) is 0.500. The average Bonchev–Trinajstić information content (AvgIpc) is 3.01. The van der Waals surface area contributed by atoms with E-state index in [-0.39, 0.29) is 10.5 Å². The lowest BCUT2D eigenvalue weighted by molar-refractivity contribution is -0.117. The van der Waals surface area contributed by atoms with Gasteiger partial charge in [-0.15, -0.1) is 0 Å². The predicted octanol–water partition coefficient (Wildman–Crippen LogP) is 9.47. The van der Waals surface area contributed by atoms with Gasteiger partial charge < -0.3 is 20.0 Å². The van der Waals surface area contributed by atoms with Gasteiger partial charge in [0.05, 0.1) is 6.61 Å². The number of hydrogen-bond acceptors (Lipinski definition) is 6. The highest BCUT2D eigenvalue weighted by Gasteiger charge is 2.21. The third kappa shape index (κ3) is 17.1. The molecule has 2 N–H and O–H groups in total. The van der Waals surface area contributed by atoms with E-state index < -0.39 is 0 Å². The normalized spacial score (nSPS) is 11.3. The van der Waals surface area contributed by atoms with Crippen LogP contribution in [0.4, 0.5) is 0 Å². The molecule has 3 aromatic rings.